The summed E-state index contributed by atoms with van der Waals surface area (Å²) in [6.07, 6.45) is 2.08. The molecule has 1 atom stereocenters. The molecule has 0 amide bonds. The number of benzene rings is 1. The first-order chi connectivity index (χ1) is 8.63. The highest BCUT2D eigenvalue weighted by Gasteiger charge is 2.02. The molecule has 0 spiro atoms. The van der Waals surface area contributed by atoms with Gasteiger partial charge in [0.25, 0.3) is 0 Å². The number of rotatable bonds is 8. The number of thioether (sulfide) groups is 1. The molecule has 1 unspecified atom stereocenters. The van der Waals surface area contributed by atoms with E-state index in [0.717, 1.165) is 12.3 Å². The van der Waals surface area contributed by atoms with Crippen LogP contribution in [-0.4, -0.2) is 42.3 Å². The Labute approximate surface area is 112 Å². The van der Waals surface area contributed by atoms with E-state index in [4.69, 9.17) is 9.84 Å². The Morgan fingerprint density at radius 2 is 2.11 bits per heavy atom. The van der Waals surface area contributed by atoms with Crippen LogP contribution in [0.2, 0.25) is 0 Å². The van der Waals surface area contributed by atoms with Gasteiger partial charge in [0.15, 0.2) is 0 Å². The molecule has 0 aromatic heterocycles. The molecule has 1 aromatic rings. The van der Waals surface area contributed by atoms with Crippen LogP contribution in [0.5, 0.6) is 5.75 Å². The van der Waals surface area contributed by atoms with Crippen molar-refractivity contribution in [3.05, 3.63) is 29.8 Å². The van der Waals surface area contributed by atoms with Gasteiger partial charge in [0.1, 0.15) is 12.4 Å². The lowest BCUT2D eigenvalue weighted by Gasteiger charge is -2.12. The van der Waals surface area contributed by atoms with Crippen LogP contribution in [-0.2, 0) is 0 Å². The summed E-state index contributed by atoms with van der Waals surface area (Å²) in [5, 5.41) is 12.1. The topological polar surface area (TPSA) is 58.6 Å². The number of hydrogen-bond donors (Lipinski definition) is 2. The molecule has 100 valence electrons. The van der Waals surface area contributed by atoms with Crippen molar-refractivity contribution in [1.82, 2.24) is 5.32 Å². The van der Waals surface area contributed by atoms with Crippen LogP contribution in [0.4, 0.5) is 0 Å². The van der Waals surface area contributed by atoms with Gasteiger partial charge in [-0.05, 0) is 37.4 Å². The van der Waals surface area contributed by atoms with Gasteiger partial charge in [-0.3, -0.25) is 0 Å². The number of ether oxygens (including phenoxy) is 1. The third-order valence-electron chi connectivity index (χ3n) is 2.38. The molecule has 4 nitrogen and oxygen atoms in total. The van der Waals surface area contributed by atoms with Crippen LogP contribution in [0, 0.1) is 0 Å². The maximum absolute atomic E-state index is 10.7. The van der Waals surface area contributed by atoms with Gasteiger partial charge in [-0.2, -0.15) is 11.8 Å². The molecule has 0 radical (unpaired) electrons. The molecule has 2 N–H and O–H groups in total. The van der Waals surface area contributed by atoms with E-state index < -0.39 is 5.97 Å². The van der Waals surface area contributed by atoms with Gasteiger partial charge in [-0.1, -0.05) is 0 Å². The largest absolute Gasteiger partial charge is 0.492 e. The minimum atomic E-state index is -0.922. The standard InChI is InChI=1S/C13H19NO3S/c1-10(9-18-2)14-7-8-17-12-5-3-11(4-6-12)13(15)16/h3-6,10,14H,7-9H2,1-2H3,(H,15,16). The SMILES string of the molecule is CSCC(C)NCCOc1ccc(C(=O)O)cc1. The van der Waals surface area contributed by atoms with E-state index in [2.05, 4.69) is 18.5 Å². The summed E-state index contributed by atoms with van der Waals surface area (Å²) < 4.78 is 5.51. The summed E-state index contributed by atoms with van der Waals surface area (Å²) >= 11 is 1.81. The maximum atomic E-state index is 10.7. The van der Waals surface area contributed by atoms with Crippen LogP contribution in [0.15, 0.2) is 24.3 Å². The number of nitrogens with one attached hydrogen (secondary N) is 1. The second-order valence-electron chi connectivity index (χ2n) is 3.99. The Morgan fingerprint density at radius 3 is 2.67 bits per heavy atom. The highest BCUT2D eigenvalue weighted by Crippen LogP contribution is 2.11. The summed E-state index contributed by atoms with van der Waals surface area (Å²) in [5.41, 5.74) is 0.272. The number of carbonyl (C=O) groups is 1. The molecule has 5 heteroatoms. The van der Waals surface area contributed by atoms with Crippen LogP contribution < -0.4 is 10.1 Å². The zero-order valence-corrected chi connectivity index (χ0v) is 11.5. The predicted molar refractivity (Wildman–Crippen MR) is 74.7 cm³/mol. The van der Waals surface area contributed by atoms with Gasteiger partial charge in [0.05, 0.1) is 5.56 Å². The van der Waals surface area contributed by atoms with Crippen molar-refractivity contribution in [2.75, 3.05) is 25.2 Å². The van der Waals surface area contributed by atoms with Crippen LogP contribution in [0.1, 0.15) is 17.3 Å². The monoisotopic (exact) mass is 269 g/mol. The summed E-state index contributed by atoms with van der Waals surface area (Å²) in [5.74, 6) is 0.848. The van der Waals surface area contributed by atoms with Gasteiger partial charge in [0, 0.05) is 18.3 Å². The number of carboxylic acids is 1. The molecule has 0 heterocycles. The second kappa shape index (κ2) is 8.00. The summed E-state index contributed by atoms with van der Waals surface area (Å²) in [7, 11) is 0. The molecule has 0 saturated carbocycles. The van der Waals surface area contributed by atoms with E-state index in [1.54, 1.807) is 24.3 Å². The lowest BCUT2D eigenvalue weighted by atomic mass is 10.2. The zero-order chi connectivity index (χ0) is 13.4. The van der Waals surface area contributed by atoms with Gasteiger partial charge >= 0.3 is 5.97 Å². The van der Waals surface area contributed by atoms with Crippen molar-refractivity contribution in [3.63, 3.8) is 0 Å². The fraction of sp³-hybridized carbons (Fsp3) is 0.462. The first-order valence-corrected chi connectivity index (χ1v) is 7.21. The van der Waals surface area contributed by atoms with E-state index in [1.807, 2.05) is 11.8 Å². The summed E-state index contributed by atoms with van der Waals surface area (Å²) in [4.78, 5) is 10.7. The second-order valence-corrected chi connectivity index (χ2v) is 4.90. The predicted octanol–water partition coefficient (Wildman–Crippen LogP) is 2.10. The molecular formula is C13H19NO3S. The summed E-state index contributed by atoms with van der Waals surface area (Å²) in [6.45, 7) is 3.49. The molecule has 0 aliphatic heterocycles. The molecule has 0 aliphatic rings. The van der Waals surface area contributed by atoms with Gasteiger partial charge < -0.3 is 15.2 Å². The fourth-order valence-corrected chi connectivity index (χ4v) is 2.09. The Bertz CT molecular complexity index is 367. The molecule has 0 fully saturated rings. The molecule has 0 bridgehead atoms. The zero-order valence-electron chi connectivity index (χ0n) is 10.7. The third kappa shape index (κ3) is 5.42. The van der Waals surface area contributed by atoms with E-state index in [9.17, 15) is 4.79 Å². The minimum Gasteiger partial charge on any atom is -0.492 e. The number of hydrogen-bond acceptors (Lipinski definition) is 4. The van der Waals surface area contributed by atoms with Crippen molar-refractivity contribution in [3.8, 4) is 5.75 Å². The van der Waals surface area contributed by atoms with Crippen LogP contribution >= 0.6 is 11.8 Å². The van der Waals surface area contributed by atoms with Crippen molar-refractivity contribution in [2.24, 2.45) is 0 Å². The minimum absolute atomic E-state index is 0.272. The molecular weight excluding hydrogens is 250 g/mol. The highest BCUT2D eigenvalue weighted by atomic mass is 32.2. The average molecular weight is 269 g/mol. The lowest BCUT2D eigenvalue weighted by molar-refractivity contribution is 0.0697. The van der Waals surface area contributed by atoms with E-state index in [0.29, 0.717) is 18.4 Å². The van der Waals surface area contributed by atoms with Crippen LogP contribution in [0.3, 0.4) is 0 Å². The Morgan fingerprint density at radius 1 is 1.44 bits per heavy atom. The average Bonchev–Trinajstić information content (AvgIpc) is 2.35. The third-order valence-corrected chi connectivity index (χ3v) is 3.21. The molecule has 1 aromatic carbocycles. The normalized spacial score (nSPS) is 12.1. The van der Waals surface area contributed by atoms with Gasteiger partial charge in [-0.15, -0.1) is 0 Å². The molecule has 0 aliphatic carbocycles. The Hall–Kier alpha value is -1.20. The number of aromatic carboxylic acids is 1. The Balaban J connectivity index is 2.25. The molecule has 18 heavy (non-hydrogen) atoms. The first-order valence-electron chi connectivity index (χ1n) is 5.82. The Kier molecular flexibility index (Phi) is 6.60. The van der Waals surface area contributed by atoms with Crippen molar-refractivity contribution in [1.29, 1.82) is 0 Å². The molecule has 1 rings (SSSR count). The first kappa shape index (κ1) is 14.9. The van der Waals surface area contributed by atoms with Crippen molar-refractivity contribution >= 4 is 17.7 Å². The van der Waals surface area contributed by atoms with Crippen LogP contribution in [0.25, 0.3) is 0 Å². The number of carboxylic acid groups (broad SMARTS) is 1. The summed E-state index contributed by atoms with van der Waals surface area (Å²) in [6, 6.07) is 6.91. The molecule has 0 saturated heterocycles. The fourth-order valence-electron chi connectivity index (χ4n) is 1.48. The van der Waals surface area contributed by atoms with E-state index in [1.165, 1.54) is 0 Å². The lowest BCUT2D eigenvalue weighted by Crippen LogP contribution is -2.31. The highest BCUT2D eigenvalue weighted by molar-refractivity contribution is 7.98. The maximum Gasteiger partial charge on any atom is 0.335 e. The quantitative estimate of drug-likeness (QED) is 0.708. The van der Waals surface area contributed by atoms with Crippen molar-refractivity contribution < 1.29 is 14.6 Å². The van der Waals surface area contributed by atoms with Gasteiger partial charge in [0.2, 0.25) is 0 Å². The van der Waals surface area contributed by atoms with E-state index in [-0.39, 0.29) is 5.56 Å². The van der Waals surface area contributed by atoms with Crippen molar-refractivity contribution in [2.45, 2.75) is 13.0 Å². The van der Waals surface area contributed by atoms with E-state index >= 15 is 0 Å². The smallest absolute Gasteiger partial charge is 0.335 e. The van der Waals surface area contributed by atoms with Gasteiger partial charge in [-0.25, -0.2) is 4.79 Å².